The molecule has 0 N–H and O–H groups in total. The standard InChI is InChI=1S/C13H20O/c1-4-10(2)13(14)11(3)12-8-6-5-7-9-12/h4H,5-9H2,1-3H3/b10-4-. The number of allylic oxidation sites excluding steroid dienone is 4. The van der Waals surface area contributed by atoms with Gasteiger partial charge in [0.25, 0.3) is 0 Å². The molecule has 0 amide bonds. The van der Waals surface area contributed by atoms with Crippen molar-refractivity contribution in [2.45, 2.75) is 52.9 Å². The zero-order valence-electron chi connectivity index (χ0n) is 9.52. The van der Waals surface area contributed by atoms with Crippen LogP contribution in [0.25, 0.3) is 0 Å². The Labute approximate surface area is 86.9 Å². The summed E-state index contributed by atoms with van der Waals surface area (Å²) in [5.74, 6) is 0.240. The molecule has 1 aliphatic carbocycles. The Morgan fingerprint density at radius 1 is 1.14 bits per heavy atom. The summed E-state index contributed by atoms with van der Waals surface area (Å²) in [5, 5.41) is 0. The van der Waals surface area contributed by atoms with Gasteiger partial charge in [0.15, 0.2) is 5.78 Å². The van der Waals surface area contributed by atoms with Gasteiger partial charge in [-0.3, -0.25) is 4.79 Å². The Balaban J connectivity index is 2.80. The van der Waals surface area contributed by atoms with E-state index in [1.807, 2.05) is 26.8 Å². The summed E-state index contributed by atoms with van der Waals surface area (Å²) in [7, 11) is 0. The summed E-state index contributed by atoms with van der Waals surface area (Å²) in [6.07, 6.45) is 8.01. The van der Waals surface area contributed by atoms with E-state index in [1.54, 1.807) is 0 Å². The fourth-order valence-corrected chi connectivity index (χ4v) is 1.94. The highest BCUT2D eigenvalue weighted by Gasteiger charge is 2.14. The van der Waals surface area contributed by atoms with Gasteiger partial charge >= 0.3 is 0 Å². The first kappa shape index (κ1) is 11.2. The summed E-state index contributed by atoms with van der Waals surface area (Å²) >= 11 is 0. The van der Waals surface area contributed by atoms with Crippen molar-refractivity contribution >= 4 is 5.78 Å². The fourth-order valence-electron chi connectivity index (χ4n) is 1.94. The van der Waals surface area contributed by atoms with Crippen LogP contribution >= 0.6 is 0 Å². The van der Waals surface area contributed by atoms with Crippen LogP contribution in [0.4, 0.5) is 0 Å². The molecule has 0 aromatic carbocycles. The normalized spacial score (nSPS) is 18.2. The zero-order chi connectivity index (χ0) is 10.6. The van der Waals surface area contributed by atoms with Crippen molar-refractivity contribution in [2.24, 2.45) is 0 Å². The lowest BCUT2D eigenvalue weighted by molar-refractivity contribution is -0.112. The van der Waals surface area contributed by atoms with Crippen LogP contribution in [0.1, 0.15) is 52.9 Å². The van der Waals surface area contributed by atoms with Gasteiger partial charge in [0, 0.05) is 0 Å². The van der Waals surface area contributed by atoms with E-state index in [2.05, 4.69) is 0 Å². The smallest absolute Gasteiger partial charge is 0.184 e. The number of ketones is 1. The van der Waals surface area contributed by atoms with Crippen molar-refractivity contribution in [2.75, 3.05) is 0 Å². The van der Waals surface area contributed by atoms with Gasteiger partial charge in [-0.15, -0.1) is 0 Å². The molecule has 1 rings (SSSR count). The second-order valence-electron chi connectivity index (χ2n) is 4.09. The van der Waals surface area contributed by atoms with Crippen LogP contribution in [0.3, 0.4) is 0 Å². The van der Waals surface area contributed by atoms with Crippen LogP contribution < -0.4 is 0 Å². The average molecular weight is 192 g/mol. The molecule has 0 atom stereocenters. The predicted molar refractivity (Wildman–Crippen MR) is 60.2 cm³/mol. The first-order chi connectivity index (χ1) is 6.66. The lowest BCUT2D eigenvalue weighted by Crippen LogP contribution is -2.06. The largest absolute Gasteiger partial charge is 0.289 e. The van der Waals surface area contributed by atoms with E-state index in [-0.39, 0.29) is 5.78 Å². The lowest BCUT2D eigenvalue weighted by atomic mass is 9.89. The second-order valence-corrected chi connectivity index (χ2v) is 4.09. The van der Waals surface area contributed by atoms with Gasteiger partial charge in [0.1, 0.15) is 0 Å². The van der Waals surface area contributed by atoms with E-state index >= 15 is 0 Å². The predicted octanol–water partition coefficient (Wildman–Crippen LogP) is 3.80. The van der Waals surface area contributed by atoms with Crippen LogP contribution in [0.15, 0.2) is 22.8 Å². The van der Waals surface area contributed by atoms with Crippen LogP contribution in [0.2, 0.25) is 0 Å². The van der Waals surface area contributed by atoms with Crippen molar-refractivity contribution in [3.05, 3.63) is 22.8 Å². The van der Waals surface area contributed by atoms with Gasteiger partial charge in [-0.05, 0) is 57.6 Å². The molecule has 0 aromatic heterocycles. The molecule has 0 saturated heterocycles. The maximum Gasteiger partial charge on any atom is 0.184 e. The Bertz CT molecular complexity index is 274. The van der Waals surface area contributed by atoms with Gasteiger partial charge in [-0.2, -0.15) is 0 Å². The molecule has 0 heterocycles. The van der Waals surface area contributed by atoms with E-state index < -0.39 is 0 Å². The number of carbonyl (C=O) groups excluding carboxylic acids is 1. The highest BCUT2D eigenvalue weighted by Crippen LogP contribution is 2.26. The topological polar surface area (TPSA) is 17.1 Å². The molecule has 0 bridgehead atoms. The van der Waals surface area contributed by atoms with Crippen LogP contribution in [0, 0.1) is 0 Å². The molecule has 1 nitrogen and oxygen atoms in total. The highest BCUT2D eigenvalue weighted by molar-refractivity contribution is 6.07. The number of carbonyl (C=O) groups is 1. The van der Waals surface area contributed by atoms with Gasteiger partial charge < -0.3 is 0 Å². The summed E-state index contributed by atoms with van der Waals surface area (Å²) < 4.78 is 0. The van der Waals surface area contributed by atoms with Gasteiger partial charge in [0.05, 0.1) is 0 Å². The third-order valence-corrected chi connectivity index (χ3v) is 3.12. The van der Waals surface area contributed by atoms with E-state index in [0.717, 1.165) is 24.0 Å². The third-order valence-electron chi connectivity index (χ3n) is 3.12. The minimum absolute atomic E-state index is 0.240. The molecule has 0 unspecified atom stereocenters. The molecular formula is C13H20O. The molecule has 14 heavy (non-hydrogen) atoms. The second kappa shape index (κ2) is 5.14. The van der Waals surface area contributed by atoms with Crippen molar-refractivity contribution in [3.63, 3.8) is 0 Å². The van der Waals surface area contributed by atoms with E-state index in [0.29, 0.717) is 0 Å². The van der Waals surface area contributed by atoms with Gasteiger partial charge in [-0.25, -0.2) is 0 Å². The summed E-state index contributed by atoms with van der Waals surface area (Å²) in [6, 6.07) is 0. The Morgan fingerprint density at radius 2 is 1.71 bits per heavy atom. The number of hydrogen-bond acceptors (Lipinski definition) is 1. The quantitative estimate of drug-likeness (QED) is 0.608. The maximum atomic E-state index is 11.8. The molecule has 1 aliphatic rings. The number of rotatable bonds is 2. The average Bonchev–Trinajstić information content (AvgIpc) is 2.27. The van der Waals surface area contributed by atoms with Crippen molar-refractivity contribution in [1.82, 2.24) is 0 Å². The van der Waals surface area contributed by atoms with Crippen molar-refractivity contribution in [1.29, 1.82) is 0 Å². The molecule has 1 heteroatoms. The monoisotopic (exact) mass is 192 g/mol. The molecule has 0 aromatic rings. The molecule has 1 fully saturated rings. The van der Waals surface area contributed by atoms with E-state index in [9.17, 15) is 4.79 Å². The van der Waals surface area contributed by atoms with Crippen LogP contribution in [-0.2, 0) is 4.79 Å². The lowest BCUT2D eigenvalue weighted by Gasteiger charge is -2.16. The van der Waals surface area contributed by atoms with Crippen LogP contribution in [0.5, 0.6) is 0 Å². The Morgan fingerprint density at radius 3 is 2.21 bits per heavy atom. The van der Waals surface area contributed by atoms with E-state index in [4.69, 9.17) is 0 Å². The summed E-state index contributed by atoms with van der Waals surface area (Å²) in [5.41, 5.74) is 3.27. The minimum Gasteiger partial charge on any atom is -0.289 e. The van der Waals surface area contributed by atoms with Crippen molar-refractivity contribution < 1.29 is 4.79 Å². The SMILES string of the molecule is C/C=C(/C)C(=O)C(C)=C1CCCCC1. The first-order valence-electron chi connectivity index (χ1n) is 5.53. The Kier molecular flexibility index (Phi) is 4.12. The molecule has 0 spiro atoms. The van der Waals surface area contributed by atoms with Crippen molar-refractivity contribution in [3.8, 4) is 0 Å². The molecule has 0 radical (unpaired) electrons. The van der Waals surface area contributed by atoms with Gasteiger partial charge in [-0.1, -0.05) is 18.1 Å². The minimum atomic E-state index is 0.240. The number of Topliss-reactive ketones (excluding diaryl/α,β-unsaturated/α-hetero) is 1. The van der Waals surface area contributed by atoms with E-state index in [1.165, 1.54) is 24.8 Å². The maximum absolute atomic E-state index is 11.8. The molecule has 0 aliphatic heterocycles. The highest BCUT2D eigenvalue weighted by atomic mass is 16.1. The molecule has 78 valence electrons. The fraction of sp³-hybridized carbons (Fsp3) is 0.615. The molecular weight excluding hydrogens is 172 g/mol. The summed E-state index contributed by atoms with van der Waals surface area (Å²) in [6.45, 7) is 5.80. The molecule has 1 saturated carbocycles. The summed E-state index contributed by atoms with van der Waals surface area (Å²) in [4.78, 5) is 11.8. The van der Waals surface area contributed by atoms with Gasteiger partial charge in [0.2, 0.25) is 0 Å². The zero-order valence-corrected chi connectivity index (χ0v) is 9.52. The third kappa shape index (κ3) is 2.57. The first-order valence-corrected chi connectivity index (χ1v) is 5.53. The van der Waals surface area contributed by atoms with Crippen LogP contribution in [-0.4, -0.2) is 5.78 Å². The Hall–Kier alpha value is -0.850. The number of hydrogen-bond donors (Lipinski definition) is 0.